The van der Waals surface area contributed by atoms with E-state index in [0.717, 1.165) is 42.6 Å². The molecule has 10 aromatic rings. The summed E-state index contributed by atoms with van der Waals surface area (Å²) in [6.45, 7) is 0. The summed E-state index contributed by atoms with van der Waals surface area (Å²) in [6.07, 6.45) is 0. The lowest BCUT2D eigenvalue weighted by atomic mass is 10.0. The number of nitrogens with zero attached hydrogens (tertiary/aromatic N) is 3. The second-order valence-corrected chi connectivity index (χ2v) is 14.2. The van der Waals surface area contributed by atoms with E-state index >= 15 is 0 Å². The van der Waals surface area contributed by atoms with Crippen LogP contribution in [0.2, 0.25) is 0 Å². The van der Waals surface area contributed by atoms with Crippen LogP contribution in [0.3, 0.4) is 0 Å². The Balaban J connectivity index is 1.21. The van der Waals surface area contributed by atoms with E-state index in [2.05, 4.69) is 24.3 Å². The fourth-order valence-corrected chi connectivity index (χ4v) is 8.90. The van der Waals surface area contributed by atoms with Gasteiger partial charge in [-0.2, -0.15) is 0 Å². The molecule has 47 heavy (non-hydrogen) atoms. The molecule has 0 aliphatic rings. The quantitative estimate of drug-likeness (QED) is 0.189. The van der Waals surface area contributed by atoms with Crippen LogP contribution in [-0.4, -0.2) is 15.0 Å². The van der Waals surface area contributed by atoms with Gasteiger partial charge in [0.15, 0.2) is 17.5 Å². The number of fused-ring (bicyclic) bond motifs is 7. The lowest BCUT2D eigenvalue weighted by molar-refractivity contribution is 1.08. The zero-order valence-electron chi connectivity index (χ0n) is 30.4. The maximum absolute atomic E-state index is 9.49. The van der Waals surface area contributed by atoms with Gasteiger partial charge in [-0.3, -0.25) is 0 Å². The van der Waals surface area contributed by atoms with Crippen molar-refractivity contribution < 1.29 is 8.22 Å². The maximum atomic E-state index is 9.49. The predicted octanol–water partition coefficient (Wildman–Crippen LogP) is 12.5. The Morgan fingerprint density at radius 1 is 0.426 bits per heavy atom. The molecule has 0 amide bonds. The van der Waals surface area contributed by atoms with Gasteiger partial charge in [0, 0.05) is 61.7 Å². The standard InChI is InChI=1S/C41H23N3S3/c1-2-6-25(7-3-1)39-42-40(28-12-15-31-30-8-4-5-9-34(30)46-37(31)22-28)44-41(43-39)29-13-16-32-33-20-26(14-17-35(33)47-38(32)23-29)27-11-10-24-18-19-45-36(24)21-27/h1-23H/i13D,14D,16D,17D,20D,23D. The van der Waals surface area contributed by atoms with Crippen molar-refractivity contribution in [2.45, 2.75) is 0 Å². The largest absolute Gasteiger partial charge is 0.208 e. The van der Waals surface area contributed by atoms with Crippen LogP contribution in [0.1, 0.15) is 8.22 Å². The van der Waals surface area contributed by atoms with Crippen molar-refractivity contribution in [1.82, 2.24) is 15.0 Å². The summed E-state index contributed by atoms with van der Waals surface area (Å²) in [7, 11) is 0. The molecule has 6 heteroatoms. The SMILES string of the molecule is [2H]c1c(-c2ccc3ccsc3c2)c([2H])c2c(sc3c([2H])c(-c4nc(-c5ccccc5)nc(-c5ccc6c(c5)sc5ccccc56)n4)c([2H])c([2H])c32)c1[2H]. The predicted molar refractivity (Wildman–Crippen MR) is 203 cm³/mol. The van der Waals surface area contributed by atoms with E-state index in [4.69, 9.17) is 17.7 Å². The molecule has 0 saturated carbocycles. The molecule has 4 heterocycles. The van der Waals surface area contributed by atoms with E-state index < -0.39 is 0 Å². The van der Waals surface area contributed by atoms with Crippen molar-refractivity contribution in [3.63, 3.8) is 0 Å². The third kappa shape index (κ3) is 4.56. The Morgan fingerprint density at radius 3 is 2.06 bits per heavy atom. The van der Waals surface area contributed by atoms with E-state index in [1.165, 1.54) is 10.1 Å². The van der Waals surface area contributed by atoms with Crippen molar-refractivity contribution >= 4 is 84.4 Å². The third-order valence-corrected chi connectivity index (χ3v) is 11.3. The van der Waals surface area contributed by atoms with Gasteiger partial charge in [-0.25, -0.2) is 15.0 Å². The van der Waals surface area contributed by atoms with Gasteiger partial charge in [0.25, 0.3) is 0 Å². The fourth-order valence-electron chi connectivity index (χ4n) is 5.96. The summed E-state index contributed by atoms with van der Waals surface area (Å²) in [4.78, 5) is 14.5. The molecule has 0 bridgehead atoms. The molecule has 0 aliphatic carbocycles. The van der Waals surface area contributed by atoms with Gasteiger partial charge >= 0.3 is 0 Å². The van der Waals surface area contributed by atoms with E-state index in [1.807, 2.05) is 78.2 Å². The first-order valence-corrected chi connectivity index (χ1v) is 17.4. The monoisotopic (exact) mass is 659 g/mol. The van der Waals surface area contributed by atoms with E-state index in [-0.39, 0.29) is 53.0 Å². The minimum Gasteiger partial charge on any atom is -0.208 e. The highest BCUT2D eigenvalue weighted by molar-refractivity contribution is 7.26. The average Bonchev–Trinajstić information content (AvgIpc) is 3.92. The summed E-state index contributed by atoms with van der Waals surface area (Å²) in [5, 5.41) is 5.92. The van der Waals surface area contributed by atoms with Crippen LogP contribution in [0.15, 0.2) is 139 Å². The first-order chi connectivity index (χ1) is 25.8. The zero-order valence-corrected chi connectivity index (χ0v) is 26.8. The molecular formula is C41H23N3S3. The minimum atomic E-state index is -0.249. The summed E-state index contributed by atoms with van der Waals surface area (Å²) < 4.78 is 59.4. The minimum absolute atomic E-state index is 0.00801. The van der Waals surface area contributed by atoms with Crippen molar-refractivity contribution in [3.05, 3.63) is 139 Å². The first-order valence-electron chi connectivity index (χ1n) is 17.9. The van der Waals surface area contributed by atoms with Crippen LogP contribution in [0, 0.1) is 0 Å². The van der Waals surface area contributed by atoms with Crippen LogP contribution < -0.4 is 0 Å². The lowest BCUT2D eigenvalue weighted by Crippen LogP contribution is -2.00. The van der Waals surface area contributed by atoms with Gasteiger partial charge < -0.3 is 0 Å². The Bertz CT molecular complexity index is 3150. The first kappa shape index (κ1) is 21.5. The van der Waals surface area contributed by atoms with Gasteiger partial charge in [0.1, 0.15) is 0 Å². The van der Waals surface area contributed by atoms with E-state index in [0.29, 0.717) is 37.6 Å². The number of hydrogen-bond acceptors (Lipinski definition) is 6. The van der Waals surface area contributed by atoms with Crippen LogP contribution in [0.4, 0.5) is 0 Å². The second-order valence-electron chi connectivity index (χ2n) is 11.2. The molecule has 10 rings (SSSR count). The molecule has 0 radical (unpaired) electrons. The highest BCUT2D eigenvalue weighted by Crippen LogP contribution is 2.40. The molecule has 0 unspecified atom stereocenters. The molecule has 0 atom stereocenters. The number of aromatic nitrogens is 3. The van der Waals surface area contributed by atoms with Gasteiger partial charge in [0.2, 0.25) is 0 Å². The van der Waals surface area contributed by atoms with Gasteiger partial charge in [-0.15, -0.1) is 34.0 Å². The number of hydrogen-bond donors (Lipinski definition) is 0. The zero-order chi connectivity index (χ0) is 36.1. The van der Waals surface area contributed by atoms with Gasteiger partial charge in [-0.05, 0) is 64.3 Å². The topological polar surface area (TPSA) is 38.7 Å². The molecule has 0 spiro atoms. The number of rotatable bonds is 4. The van der Waals surface area contributed by atoms with E-state index in [9.17, 15) is 5.48 Å². The number of thiophene rings is 3. The summed E-state index contributed by atoms with van der Waals surface area (Å²) in [5.74, 6) is 0.844. The molecule has 6 aromatic carbocycles. The summed E-state index contributed by atoms with van der Waals surface area (Å²) >= 11 is 4.35. The highest BCUT2D eigenvalue weighted by atomic mass is 32.1. The summed E-state index contributed by atoms with van der Waals surface area (Å²) in [5.41, 5.74) is 2.51. The third-order valence-electron chi connectivity index (χ3n) is 8.28. The Labute approximate surface area is 290 Å². The smallest absolute Gasteiger partial charge is 0.164 e. The molecule has 0 saturated heterocycles. The molecular weight excluding hydrogens is 631 g/mol. The van der Waals surface area contributed by atoms with Crippen LogP contribution in [0.5, 0.6) is 0 Å². The van der Waals surface area contributed by atoms with E-state index in [1.54, 1.807) is 22.7 Å². The Morgan fingerprint density at radius 2 is 1.15 bits per heavy atom. The molecule has 0 N–H and O–H groups in total. The van der Waals surface area contributed by atoms with Crippen LogP contribution in [-0.2, 0) is 0 Å². The molecule has 4 aromatic heterocycles. The fraction of sp³-hybridized carbons (Fsp3) is 0. The van der Waals surface area contributed by atoms with Crippen LogP contribution >= 0.6 is 34.0 Å². The molecule has 220 valence electrons. The molecule has 0 aliphatic heterocycles. The van der Waals surface area contributed by atoms with Gasteiger partial charge in [0.05, 0.1) is 8.22 Å². The van der Waals surface area contributed by atoms with Crippen molar-refractivity contribution in [1.29, 1.82) is 0 Å². The lowest BCUT2D eigenvalue weighted by Gasteiger charge is -2.09. The normalized spacial score (nSPS) is 13.6. The van der Waals surface area contributed by atoms with Gasteiger partial charge in [-0.1, -0.05) is 90.9 Å². The highest BCUT2D eigenvalue weighted by Gasteiger charge is 2.16. The Hall–Kier alpha value is -5.27. The second kappa shape index (κ2) is 10.6. The van der Waals surface area contributed by atoms with Crippen LogP contribution in [0.25, 0.3) is 95.7 Å². The molecule has 0 fully saturated rings. The summed E-state index contributed by atoms with van der Waals surface area (Å²) in [6, 6.07) is 30.9. The van der Waals surface area contributed by atoms with Crippen molar-refractivity contribution in [2.75, 3.05) is 0 Å². The van der Waals surface area contributed by atoms with Crippen molar-refractivity contribution in [2.24, 2.45) is 0 Å². The number of benzene rings is 6. The Kier molecular flexibility index (Phi) is 4.87. The maximum Gasteiger partial charge on any atom is 0.164 e. The average molecular weight is 660 g/mol. The molecule has 3 nitrogen and oxygen atoms in total. The van der Waals surface area contributed by atoms with Crippen molar-refractivity contribution in [3.8, 4) is 45.3 Å².